The van der Waals surface area contributed by atoms with Crippen molar-refractivity contribution in [2.45, 2.75) is 6.10 Å². The normalized spacial score (nSPS) is 15.1. The number of para-hydroxylation sites is 2. The average molecular weight is 371 g/mol. The van der Waals surface area contributed by atoms with Gasteiger partial charge in [-0.15, -0.1) is 0 Å². The second kappa shape index (κ2) is 7.53. The quantitative estimate of drug-likeness (QED) is 0.593. The number of ether oxygens (including phenoxy) is 2. The van der Waals surface area contributed by atoms with Gasteiger partial charge in [0.05, 0.1) is 17.0 Å². The van der Waals surface area contributed by atoms with E-state index in [9.17, 15) is 14.9 Å². The minimum Gasteiger partial charge on any atom is -0.486 e. The maximum absolute atomic E-state index is 12.9. The van der Waals surface area contributed by atoms with Crippen molar-refractivity contribution >= 4 is 17.3 Å². The number of rotatable bonds is 5. The van der Waals surface area contributed by atoms with Gasteiger partial charge in [-0.1, -0.05) is 12.1 Å². The molecule has 1 aliphatic rings. The van der Waals surface area contributed by atoms with Gasteiger partial charge in [0.15, 0.2) is 17.6 Å². The molecule has 1 aliphatic heterocycles. The van der Waals surface area contributed by atoms with Gasteiger partial charge in [-0.05, 0) is 18.2 Å². The van der Waals surface area contributed by atoms with Crippen molar-refractivity contribution in [1.29, 1.82) is 0 Å². The molecule has 0 radical (unpaired) electrons. The van der Waals surface area contributed by atoms with Crippen LogP contribution in [0.3, 0.4) is 0 Å². The average Bonchev–Trinajstić information content (AvgIpc) is 2.66. The summed E-state index contributed by atoms with van der Waals surface area (Å²) in [6.07, 6.45) is -0.324. The summed E-state index contributed by atoms with van der Waals surface area (Å²) in [5.74, 6) is 1.00. The number of hydrogen-bond acceptors (Lipinski definition) is 6. The van der Waals surface area contributed by atoms with Gasteiger partial charge in [0.25, 0.3) is 11.6 Å². The van der Waals surface area contributed by atoms with Gasteiger partial charge in [0, 0.05) is 39.0 Å². The maximum atomic E-state index is 12.9. The number of amides is 1. The van der Waals surface area contributed by atoms with E-state index in [1.165, 1.54) is 17.0 Å². The second-order valence-electron chi connectivity index (χ2n) is 6.54. The fourth-order valence-corrected chi connectivity index (χ4v) is 2.95. The number of carbonyl (C=O) groups excluding carboxylic acids is 1. The van der Waals surface area contributed by atoms with E-state index in [0.717, 1.165) is 0 Å². The van der Waals surface area contributed by atoms with Gasteiger partial charge in [0.2, 0.25) is 0 Å². The molecule has 0 spiro atoms. The van der Waals surface area contributed by atoms with Crippen LogP contribution in [-0.4, -0.2) is 56.1 Å². The molecule has 1 unspecified atom stereocenters. The van der Waals surface area contributed by atoms with Crippen LogP contribution in [0.2, 0.25) is 0 Å². The molecule has 0 aliphatic carbocycles. The van der Waals surface area contributed by atoms with Gasteiger partial charge in [-0.3, -0.25) is 14.9 Å². The highest BCUT2D eigenvalue weighted by Gasteiger charge is 2.26. The Labute approximate surface area is 157 Å². The van der Waals surface area contributed by atoms with Crippen molar-refractivity contribution in [3.05, 3.63) is 58.1 Å². The minimum atomic E-state index is -0.509. The van der Waals surface area contributed by atoms with E-state index < -0.39 is 4.92 Å². The molecular weight excluding hydrogens is 350 g/mol. The molecule has 27 heavy (non-hydrogen) atoms. The Kier molecular flexibility index (Phi) is 5.16. The maximum Gasteiger partial charge on any atom is 0.270 e. The van der Waals surface area contributed by atoms with Crippen LogP contribution in [-0.2, 0) is 0 Å². The zero-order valence-electron chi connectivity index (χ0n) is 15.4. The number of nitro benzene ring substituents is 1. The van der Waals surface area contributed by atoms with Crippen LogP contribution in [0, 0.1) is 10.1 Å². The summed E-state index contributed by atoms with van der Waals surface area (Å²) in [5.41, 5.74) is 0.765. The van der Waals surface area contributed by atoms with Crippen LogP contribution in [0.4, 0.5) is 11.4 Å². The van der Waals surface area contributed by atoms with Crippen molar-refractivity contribution in [1.82, 2.24) is 4.90 Å². The molecule has 2 aromatic rings. The number of benzene rings is 2. The molecule has 1 amide bonds. The van der Waals surface area contributed by atoms with Crippen LogP contribution in [0.1, 0.15) is 10.4 Å². The molecule has 0 N–H and O–H groups in total. The summed E-state index contributed by atoms with van der Waals surface area (Å²) in [6.45, 7) is 0.618. The minimum absolute atomic E-state index is 0.122. The Balaban J connectivity index is 1.77. The Bertz CT molecular complexity index is 868. The molecule has 0 aromatic heterocycles. The highest BCUT2D eigenvalue weighted by molar-refractivity contribution is 6.00. The zero-order chi connectivity index (χ0) is 19.6. The van der Waals surface area contributed by atoms with Crippen molar-refractivity contribution in [2.75, 3.05) is 39.2 Å². The van der Waals surface area contributed by atoms with Gasteiger partial charge >= 0.3 is 0 Å². The number of fused-ring (bicyclic) bond motifs is 1. The van der Waals surface area contributed by atoms with Crippen molar-refractivity contribution in [3.63, 3.8) is 0 Å². The SMILES string of the molecule is CN(CC1COc2ccccc2O1)C(=O)c1cc([N+](=O)[O-])ccc1N(C)C. The lowest BCUT2D eigenvalue weighted by Crippen LogP contribution is -2.42. The number of nitro groups is 1. The standard InChI is InChI=1S/C19H21N3O5/c1-20(2)16-9-8-13(22(24)25)10-15(16)19(23)21(3)11-14-12-26-17-6-4-5-7-18(17)27-14/h4-10,14H,11-12H2,1-3H3. The molecule has 2 aromatic carbocycles. The van der Waals surface area contributed by atoms with Crippen molar-refractivity contribution < 1.29 is 19.2 Å². The molecule has 8 heteroatoms. The van der Waals surface area contributed by atoms with Crippen LogP contribution in [0.25, 0.3) is 0 Å². The molecular formula is C19H21N3O5. The number of likely N-dealkylation sites (N-methyl/N-ethyl adjacent to an activating group) is 1. The predicted octanol–water partition coefficient (Wildman–Crippen LogP) is 2.57. The number of carbonyl (C=O) groups is 1. The summed E-state index contributed by atoms with van der Waals surface area (Å²) in [5, 5.41) is 11.1. The van der Waals surface area contributed by atoms with E-state index in [0.29, 0.717) is 30.3 Å². The highest BCUT2D eigenvalue weighted by atomic mass is 16.6. The lowest BCUT2D eigenvalue weighted by molar-refractivity contribution is -0.384. The molecule has 0 saturated heterocycles. The lowest BCUT2D eigenvalue weighted by atomic mass is 10.1. The molecule has 1 atom stereocenters. The van der Waals surface area contributed by atoms with Crippen LogP contribution >= 0.6 is 0 Å². The van der Waals surface area contributed by atoms with Crippen LogP contribution in [0.5, 0.6) is 11.5 Å². The van der Waals surface area contributed by atoms with E-state index in [2.05, 4.69) is 0 Å². The van der Waals surface area contributed by atoms with Gasteiger partial charge < -0.3 is 19.3 Å². The smallest absolute Gasteiger partial charge is 0.270 e. The Morgan fingerprint density at radius 2 is 1.89 bits per heavy atom. The van der Waals surface area contributed by atoms with Crippen molar-refractivity contribution in [2.24, 2.45) is 0 Å². The first-order valence-electron chi connectivity index (χ1n) is 8.46. The highest BCUT2D eigenvalue weighted by Crippen LogP contribution is 2.31. The van der Waals surface area contributed by atoms with E-state index in [1.807, 2.05) is 24.3 Å². The summed E-state index contributed by atoms with van der Waals surface area (Å²) >= 11 is 0. The monoisotopic (exact) mass is 371 g/mol. The van der Waals surface area contributed by atoms with E-state index in [-0.39, 0.29) is 23.3 Å². The third-order valence-electron chi connectivity index (χ3n) is 4.29. The van der Waals surface area contributed by atoms with Crippen LogP contribution < -0.4 is 14.4 Å². The third-order valence-corrected chi connectivity index (χ3v) is 4.29. The first-order chi connectivity index (χ1) is 12.9. The summed E-state index contributed by atoms with van der Waals surface area (Å²) < 4.78 is 11.6. The third kappa shape index (κ3) is 3.94. The Hall–Kier alpha value is -3.29. The number of anilines is 1. The first kappa shape index (κ1) is 18.5. The topological polar surface area (TPSA) is 85.1 Å². The Morgan fingerprint density at radius 1 is 1.19 bits per heavy atom. The molecule has 3 rings (SSSR count). The lowest BCUT2D eigenvalue weighted by Gasteiger charge is -2.30. The van der Waals surface area contributed by atoms with Gasteiger partial charge in [-0.25, -0.2) is 0 Å². The van der Waals surface area contributed by atoms with Crippen LogP contribution in [0.15, 0.2) is 42.5 Å². The largest absolute Gasteiger partial charge is 0.486 e. The molecule has 0 saturated carbocycles. The fraction of sp³-hybridized carbons (Fsp3) is 0.316. The molecule has 142 valence electrons. The number of non-ortho nitro benzene ring substituents is 1. The number of nitrogens with zero attached hydrogens (tertiary/aromatic N) is 3. The summed E-state index contributed by atoms with van der Waals surface area (Å²) in [6, 6.07) is 11.6. The fourth-order valence-electron chi connectivity index (χ4n) is 2.95. The number of hydrogen-bond donors (Lipinski definition) is 0. The molecule has 8 nitrogen and oxygen atoms in total. The van der Waals surface area contributed by atoms with Gasteiger partial charge in [0.1, 0.15) is 6.61 Å². The van der Waals surface area contributed by atoms with Gasteiger partial charge in [-0.2, -0.15) is 0 Å². The summed E-state index contributed by atoms with van der Waals surface area (Å²) in [7, 11) is 5.21. The Morgan fingerprint density at radius 3 is 2.56 bits per heavy atom. The van der Waals surface area contributed by atoms with E-state index in [4.69, 9.17) is 9.47 Å². The van der Waals surface area contributed by atoms with E-state index in [1.54, 1.807) is 32.1 Å². The van der Waals surface area contributed by atoms with Crippen molar-refractivity contribution in [3.8, 4) is 11.5 Å². The van der Waals surface area contributed by atoms with E-state index >= 15 is 0 Å². The molecule has 0 bridgehead atoms. The second-order valence-corrected chi connectivity index (χ2v) is 6.54. The summed E-state index contributed by atoms with van der Waals surface area (Å²) in [4.78, 5) is 26.8. The predicted molar refractivity (Wildman–Crippen MR) is 101 cm³/mol. The molecule has 1 heterocycles. The first-order valence-corrected chi connectivity index (χ1v) is 8.46. The zero-order valence-corrected chi connectivity index (χ0v) is 15.4. The molecule has 0 fully saturated rings.